The van der Waals surface area contributed by atoms with Crippen LogP contribution in [0.3, 0.4) is 0 Å². The number of carbonyl (C=O) groups excluding carboxylic acids is 3. The first-order chi connectivity index (χ1) is 17.4. The number of amides is 1. The number of allylic oxidation sites excluding steroid dienone is 2. The van der Waals surface area contributed by atoms with Crippen molar-refractivity contribution in [3.63, 3.8) is 0 Å². The Morgan fingerprint density at radius 1 is 0.972 bits per heavy atom. The van der Waals surface area contributed by atoms with Crippen LogP contribution in [0.5, 0.6) is 5.75 Å². The zero-order valence-corrected chi connectivity index (χ0v) is 19.7. The van der Waals surface area contributed by atoms with Crippen LogP contribution < -0.4 is 15.0 Å². The van der Waals surface area contributed by atoms with Crippen LogP contribution in [0.25, 0.3) is 6.08 Å². The highest BCUT2D eigenvalue weighted by Crippen LogP contribution is 2.35. The number of ketones is 1. The van der Waals surface area contributed by atoms with Gasteiger partial charge in [0.05, 0.1) is 12.8 Å². The maximum Gasteiger partial charge on any atom is 0.343 e. The van der Waals surface area contributed by atoms with Crippen molar-refractivity contribution >= 4 is 35.1 Å². The lowest BCUT2D eigenvalue weighted by atomic mass is 10.1. The zero-order valence-electron chi connectivity index (χ0n) is 19.7. The second-order valence-electron chi connectivity index (χ2n) is 7.89. The molecule has 0 fully saturated rings. The number of hydrogen-bond donors (Lipinski definition) is 1. The van der Waals surface area contributed by atoms with Gasteiger partial charge in [-0.2, -0.15) is 0 Å². The van der Waals surface area contributed by atoms with E-state index in [4.69, 9.17) is 9.47 Å². The Kier molecular flexibility index (Phi) is 7.25. The Morgan fingerprint density at radius 3 is 2.28 bits per heavy atom. The lowest BCUT2D eigenvalue weighted by Crippen LogP contribution is -2.20. The molecule has 7 nitrogen and oxygen atoms in total. The quantitative estimate of drug-likeness (QED) is 0.296. The Balaban J connectivity index is 1.49. The summed E-state index contributed by atoms with van der Waals surface area (Å²) in [6.45, 7) is 1.47. The minimum atomic E-state index is -0.690. The molecule has 8 heteroatoms. The molecule has 0 atom stereocenters. The van der Waals surface area contributed by atoms with Crippen molar-refractivity contribution in [3.8, 4) is 5.75 Å². The monoisotopic (exact) mass is 486 g/mol. The van der Waals surface area contributed by atoms with E-state index in [2.05, 4.69) is 5.32 Å². The van der Waals surface area contributed by atoms with Crippen molar-refractivity contribution in [2.45, 2.75) is 6.92 Å². The first-order valence-corrected chi connectivity index (χ1v) is 11.1. The summed E-state index contributed by atoms with van der Waals surface area (Å²) in [5.41, 5.74) is 2.68. The molecular weight excluding hydrogens is 463 g/mol. The molecule has 0 bridgehead atoms. The van der Waals surface area contributed by atoms with Crippen molar-refractivity contribution in [1.29, 1.82) is 0 Å². The van der Waals surface area contributed by atoms with Crippen molar-refractivity contribution < 1.29 is 28.2 Å². The maximum atomic E-state index is 13.2. The smallest absolute Gasteiger partial charge is 0.343 e. The van der Waals surface area contributed by atoms with Crippen LogP contribution in [0, 0.1) is 5.82 Å². The van der Waals surface area contributed by atoms with Gasteiger partial charge in [-0.15, -0.1) is 0 Å². The van der Waals surface area contributed by atoms with Crippen molar-refractivity contribution in [3.05, 3.63) is 107 Å². The summed E-state index contributed by atoms with van der Waals surface area (Å²) < 4.78 is 23.3. The number of nitrogens with one attached hydrogen (secondary N) is 1. The standard InChI is InChI=1S/C28H23FN2O5/c1-18-26(28(34)35-2)27(33)24(31(18)22-6-4-3-5-7-22)16-19-8-14-23(15-9-19)36-17-25(32)30-21-12-10-20(29)11-13-21/h3-16H,17H2,1-2H3,(H,30,32)/b24-16-. The molecule has 0 saturated carbocycles. The van der Waals surface area contributed by atoms with E-state index in [1.54, 1.807) is 42.2 Å². The summed E-state index contributed by atoms with van der Waals surface area (Å²) >= 11 is 0. The zero-order chi connectivity index (χ0) is 25.7. The minimum Gasteiger partial charge on any atom is -0.484 e. The van der Waals surface area contributed by atoms with Gasteiger partial charge in [0.2, 0.25) is 5.78 Å². The SMILES string of the molecule is COC(=O)C1=C(C)N(c2ccccc2)/C(=C\c2ccc(OCC(=O)Nc3ccc(F)cc3)cc2)C1=O. The number of nitrogens with zero attached hydrogens (tertiary/aromatic N) is 1. The lowest BCUT2D eigenvalue weighted by molar-refractivity contribution is -0.137. The van der Waals surface area contributed by atoms with Gasteiger partial charge in [-0.1, -0.05) is 30.3 Å². The van der Waals surface area contributed by atoms with Crippen LogP contribution in [-0.4, -0.2) is 31.4 Å². The molecule has 0 aromatic heterocycles. The fraction of sp³-hybridized carbons (Fsp3) is 0.107. The highest BCUT2D eigenvalue weighted by Gasteiger charge is 2.38. The number of halogens is 1. The predicted molar refractivity (Wildman–Crippen MR) is 134 cm³/mol. The fourth-order valence-corrected chi connectivity index (χ4v) is 3.77. The fourth-order valence-electron chi connectivity index (χ4n) is 3.77. The van der Waals surface area contributed by atoms with Crippen molar-refractivity contribution in [2.24, 2.45) is 0 Å². The molecule has 1 heterocycles. The number of hydrogen-bond acceptors (Lipinski definition) is 6. The summed E-state index contributed by atoms with van der Waals surface area (Å²) in [6, 6.07) is 21.5. The van der Waals surface area contributed by atoms with Crippen LogP contribution in [0.2, 0.25) is 0 Å². The van der Waals surface area contributed by atoms with Gasteiger partial charge in [0.15, 0.2) is 6.61 Å². The second-order valence-corrected chi connectivity index (χ2v) is 7.89. The molecule has 0 saturated heterocycles. The van der Waals surface area contributed by atoms with Crippen molar-refractivity contribution in [2.75, 3.05) is 23.9 Å². The molecule has 0 spiro atoms. The number of anilines is 2. The molecule has 1 N–H and O–H groups in total. The van der Waals surface area contributed by atoms with Gasteiger partial charge >= 0.3 is 5.97 Å². The van der Waals surface area contributed by atoms with E-state index in [0.717, 1.165) is 5.69 Å². The summed E-state index contributed by atoms with van der Waals surface area (Å²) in [5, 5.41) is 2.62. The van der Waals surface area contributed by atoms with E-state index < -0.39 is 17.6 Å². The molecule has 0 unspecified atom stereocenters. The highest BCUT2D eigenvalue weighted by molar-refractivity contribution is 6.30. The van der Waals surface area contributed by atoms with Crippen LogP contribution in [0.4, 0.5) is 15.8 Å². The molecular formula is C28H23FN2O5. The molecule has 182 valence electrons. The summed E-state index contributed by atoms with van der Waals surface area (Å²) in [5.74, 6) is -1.45. The Bertz CT molecular complexity index is 1350. The molecule has 4 rings (SSSR count). The average Bonchev–Trinajstić information content (AvgIpc) is 3.14. The number of esters is 1. The number of rotatable bonds is 7. The van der Waals surface area contributed by atoms with Crippen LogP contribution in [0.15, 0.2) is 95.8 Å². The van der Waals surface area contributed by atoms with Gasteiger partial charge in [0, 0.05) is 17.1 Å². The van der Waals surface area contributed by atoms with Gasteiger partial charge in [-0.3, -0.25) is 9.59 Å². The summed E-state index contributed by atoms with van der Waals surface area (Å²) in [6.07, 6.45) is 1.68. The van der Waals surface area contributed by atoms with Crippen molar-refractivity contribution in [1.82, 2.24) is 0 Å². The number of para-hydroxylation sites is 1. The van der Waals surface area contributed by atoms with E-state index in [1.165, 1.54) is 31.4 Å². The Hall–Kier alpha value is -4.72. The maximum absolute atomic E-state index is 13.2. The molecule has 0 aliphatic carbocycles. The topological polar surface area (TPSA) is 84.9 Å². The third kappa shape index (κ3) is 5.33. The number of methoxy groups -OCH3 is 1. The molecule has 0 radical (unpaired) electrons. The molecule has 1 amide bonds. The number of carbonyl (C=O) groups is 3. The second kappa shape index (κ2) is 10.7. The Labute approximate surface area is 207 Å². The Morgan fingerprint density at radius 2 is 1.64 bits per heavy atom. The number of ether oxygens (including phenoxy) is 2. The van der Waals surface area contributed by atoms with Gasteiger partial charge < -0.3 is 19.7 Å². The molecule has 1 aliphatic heterocycles. The average molecular weight is 486 g/mol. The molecule has 1 aliphatic rings. The molecule has 3 aromatic carbocycles. The highest BCUT2D eigenvalue weighted by atomic mass is 19.1. The van der Waals surface area contributed by atoms with E-state index in [1.807, 2.05) is 30.3 Å². The summed E-state index contributed by atoms with van der Waals surface area (Å²) in [4.78, 5) is 39.3. The number of Topliss-reactive ketones (excluding diaryl/α,β-unsaturated/α-hetero) is 1. The lowest BCUT2D eigenvalue weighted by Gasteiger charge is -2.21. The largest absolute Gasteiger partial charge is 0.484 e. The summed E-state index contributed by atoms with van der Waals surface area (Å²) in [7, 11) is 1.24. The van der Waals surface area contributed by atoms with Crippen LogP contribution in [-0.2, 0) is 19.1 Å². The molecule has 36 heavy (non-hydrogen) atoms. The number of benzene rings is 3. The van der Waals surface area contributed by atoms with E-state index in [0.29, 0.717) is 28.4 Å². The van der Waals surface area contributed by atoms with E-state index >= 15 is 0 Å². The first kappa shape index (κ1) is 24.4. The van der Waals surface area contributed by atoms with Gasteiger partial charge in [0.1, 0.15) is 17.1 Å². The van der Waals surface area contributed by atoms with Gasteiger partial charge in [-0.25, -0.2) is 9.18 Å². The minimum absolute atomic E-state index is 0.0141. The van der Waals surface area contributed by atoms with Gasteiger partial charge in [-0.05, 0) is 67.1 Å². The van der Waals surface area contributed by atoms with E-state index in [-0.39, 0.29) is 18.1 Å². The third-order valence-corrected chi connectivity index (χ3v) is 5.48. The van der Waals surface area contributed by atoms with E-state index in [9.17, 15) is 18.8 Å². The normalized spacial score (nSPS) is 14.2. The first-order valence-electron chi connectivity index (χ1n) is 11.1. The predicted octanol–water partition coefficient (Wildman–Crippen LogP) is 4.72. The van der Waals surface area contributed by atoms with Crippen LogP contribution in [0.1, 0.15) is 12.5 Å². The van der Waals surface area contributed by atoms with Gasteiger partial charge in [0.25, 0.3) is 5.91 Å². The van der Waals surface area contributed by atoms with Crippen LogP contribution >= 0.6 is 0 Å². The molecule has 3 aromatic rings. The third-order valence-electron chi connectivity index (χ3n) is 5.48.